The molecule has 4 aromatic rings. The van der Waals surface area contributed by atoms with Crippen LogP contribution in [0.5, 0.6) is 5.75 Å². The largest absolute Gasteiger partial charge is 0.496 e. The van der Waals surface area contributed by atoms with Crippen molar-refractivity contribution in [3.63, 3.8) is 0 Å². The van der Waals surface area contributed by atoms with Gasteiger partial charge in [-0.2, -0.15) is 0 Å². The zero-order valence-electron chi connectivity index (χ0n) is 22.4. The summed E-state index contributed by atoms with van der Waals surface area (Å²) >= 11 is 7.47. The first-order valence-electron chi connectivity index (χ1n) is 12.6. The molecule has 41 heavy (non-hydrogen) atoms. The van der Waals surface area contributed by atoms with Crippen molar-refractivity contribution in [3.05, 3.63) is 124 Å². The van der Waals surface area contributed by atoms with Gasteiger partial charge in [-0.1, -0.05) is 60.1 Å². The normalized spacial score (nSPS) is 11.0. The first-order valence-corrected chi connectivity index (χ1v) is 14.0. The van der Waals surface area contributed by atoms with E-state index >= 15 is 0 Å². The first kappa shape index (κ1) is 29.5. The highest BCUT2D eigenvalue weighted by atomic mass is 35.5. The molecule has 0 aliphatic rings. The van der Waals surface area contributed by atoms with Crippen molar-refractivity contribution in [1.82, 2.24) is 5.32 Å². The van der Waals surface area contributed by atoms with Gasteiger partial charge in [0.2, 0.25) is 5.91 Å². The average Bonchev–Trinajstić information content (AvgIpc) is 2.99. The second-order valence-electron chi connectivity index (χ2n) is 8.85. The van der Waals surface area contributed by atoms with E-state index < -0.39 is 11.8 Å². The van der Waals surface area contributed by atoms with Crippen molar-refractivity contribution in [2.24, 2.45) is 0 Å². The number of hydrogen-bond acceptors (Lipinski definition) is 5. The second-order valence-corrected chi connectivity index (χ2v) is 10.3. The molecule has 0 atom stereocenters. The number of halogens is 1. The molecule has 0 heterocycles. The van der Waals surface area contributed by atoms with Crippen molar-refractivity contribution < 1.29 is 19.1 Å². The number of carbonyl (C=O) groups is 3. The third-order valence-corrected chi connectivity index (χ3v) is 7.37. The van der Waals surface area contributed by atoms with Gasteiger partial charge in [-0.15, -0.1) is 11.8 Å². The van der Waals surface area contributed by atoms with Crippen LogP contribution in [0.3, 0.4) is 0 Å². The lowest BCUT2D eigenvalue weighted by Gasteiger charge is -2.13. The maximum Gasteiger partial charge on any atom is 0.272 e. The Labute approximate surface area is 248 Å². The number of methoxy groups -OCH3 is 1. The van der Waals surface area contributed by atoms with Gasteiger partial charge in [-0.3, -0.25) is 14.4 Å². The Balaban J connectivity index is 1.48. The summed E-state index contributed by atoms with van der Waals surface area (Å²) in [6.07, 6.45) is 1.57. The summed E-state index contributed by atoms with van der Waals surface area (Å²) in [5, 5.41) is 9.03. The molecule has 9 heteroatoms. The average molecular weight is 586 g/mol. The van der Waals surface area contributed by atoms with Gasteiger partial charge in [0.05, 0.1) is 12.9 Å². The van der Waals surface area contributed by atoms with E-state index in [1.807, 2.05) is 31.2 Å². The fourth-order valence-electron chi connectivity index (χ4n) is 3.82. The number of benzene rings is 4. The van der Waals surface area contributed by atoms with E-state index in [0.29, 0.717) is 33.3 Å². The van der Waals surface area contributed by atoms with Crippen molar-refractivity contribution in [1.29, 1.82) is 0 Å². The highest BCUT2D eigenvalue weighted by molar-refractivity contribution is 8.00. The number of para-hydroxylation sites is 1. The lowest BCUT2D eigenvalue weighted by atomic mass is 10.1. The Morgan fingerprint density at radius 2 is 1.61 bits per heavy atom. The minimum absolute atomic E-state index is 0.0395. The molecule has 3 N–H and O–H groups in total. The third-order valence-electron chi connectivity index (χ3n) is 5.97. The van der Waals surface area contributed by atoms with Crippen molar-refractivity contribution >= 4 is 58.5 Å². The summed E-state index contributed by atoms with van der Waals surface area (Å²) in [5.41, 5.74) is 3.04. The molecule has 0 spiro atoms. The first-order chi connectivity index (χ1) is 19.8. The molecule has 0 saturated carbocycles. The SMILES string of the molecule is COc1ccccc1/C=C(/NC(=O)c1ccccc1)C(=O)Nc1cccc(SCC(=O)Nc2cccc(Cl)c2C)c1. The van der Waals surface area contributed by atoms with E-state index in [1.165, 1.54) is 18.9 Å². The molecular formula is C32H28ClN3O4S. The maximum atomic E-state index is 13.4. The van der Waals surface area contributed by atoms with Gasteiger partial charge in [-0.05, 0) is 67.1 Å². The Morgan fingerprint density at radius 1 is 0.878 bits per heavy atom. The number of rotatable bonds is 10. The molecular weight excluding hydrogens is 558 g/mol. The summed E-state index contributed by atoms with van der Waals surface area (Å²) in [6.45, 7) is 1.84. The molecule has 0 saturated heterocycles. The van der Waals surface area contributed by atoms with Crippen LogP contribution in [-0.4, -0.2) is 30.6 Å². The summed E-state index contributed by atoms with van der Waals surface area (Å²) in [7, 11) is 1.54. The van der Waals surface area contributed by atoms with Gasteiger partial charge in [0.15, 0.2) is 0 Å². The Kier molecular flexibility index (Phi) is 10.2. The molecule has 7 nitrogen and oxygen atoms in total. The number of hydrogen-bond donors (Lipinski definition) is 3. The number of amides is 3. The van der Waals surface area contributed by atoms with Crippen LogP contribution in [0.4, 0.5) is 11.4 Å². The molecule has 0 radical (unpaired) electrons. The lowest BCUT2D eigenvalue weighted by molar-refractivity contribution is -0.114. The predicted molar refractivity (Wildman–Crippen MR) is 165 cm³/mol. The molecule has 3 amide bonds. The van der Waals surface area contributed by atoms with E-state index in [1.54, 1.807) is 78.9 Å². The number of carbonyl (C=O) groups excluding carboxylic acids is 3. The van der Waals surface area contributed by atoms with Gasteiger partial charge < -0.3 is 20.7 Å². The van der Waals surface area contributed by atoms with Crippen LogP contribution in [0.15, 0.2) is 108 Å². The van der Waals surface area contributed by atoms with Gasteiger partial charge in [-0.25, -0.2) is 0 Å². The number of thioether (sulfide) groups is 1. The molecule has 0 unspecified atom stereocenters. The van der Waals surface area contributed by atoms with E-state index in [-0.39, 0.29) is 17.4 Å². The van der Waals surface area contributed by atoms with E-state index in [9.17, 15) is 14.4 Å². The highest BCUT2D eigenvalue weighted by Gasteiger charge is 2.16. The number of nitrogens with one attached hydrogen (secondary N) is 3. The molecule has 4 aromatic carbocycles. The fraction of sp³-hybridized carbons (Fsp3) is 0.0938. The lowest BCUT2D eigenvalue weighted by Crippen LogP contribution is -2.30. The van der Waals surface area contributed by atoms with Gasteiger partial charge in [0, 0.05) is 32.4 Å². The minimum Gasteiger partial charge on any atom is -0.496 e. The molecule has 0 aliphatic heterocycles. The van der Waals surface area contributed by atoms with E-state index in [2.05, 4.69) is 16.0 Å². The van der Waals surface area contributed by atoms with E-state index in [0.717, 1.165) is 10.5 Å². The van der Waals surface area contributed by atoms with Crippen LogP contribution < -0.4 is 20.7 Å². The Bertz CT molecular complexity index is 1590. The van der Waals surface area contributed by atoms with Crippen molar-refractivity contribution in [2.75, 3.05) is 23.5 Å². The van der Waals surface area contributed by atoms with Crippen LogP contribution in [0, 0.1) is 6.92 Å². The smallest absolute Gasteiger partial charge is 0.272 e. The maximum absolute atomic E-state index is 13.4. The summed E-state index contributed by atoms with van der Waals surface area (Å²) in [5.74, 6) is -0.407. The van der Waals surface area contributed by atoms with Crippen LogP contribution in [0.1, 0.15) is 21.5 Å². The molecule has 208 valence electrons. The second kappa shape index (κ2) is 14.2. The van der Waals surface area contributed by atoms with E-state index in [4.69, 9.17) is 16.3 Å². The molecule has 0 bridgehead atoms. The topological polar surface area (TPSA) is 96.5 Å². The number of ether oxygens (including phenoxy) is 1. The minimum atomic E-state index is -0.517. The van der Waals surface area contributed by atoms with Crippen LogP contribution >= 0.6 is 23.4 Å². The quantitative estimate of drug-likeness (QED) is 0.140. The standard InChI is InChI=1S/C32H28ClN3O4S/c1-21-26(33)15-9-16-27(21)35-30(37)20-41-25-14-8-13-24(19-25)34-32(39)28(18-23-12-6-7-17-29(23)40-2)36-31(38)22-10-4-3-5-11-22/h3-19H,20H2,1-2H3,(H,34,39)(H,35,37)(H,36,38)/b28-18+. The Morgan fingerprint density at radius 3 is 2.39 bits per heavy atom. The molecule has 0 aromatic heterocycles. The molecule has 0 fully saturated rings. The Hall–Kier alpha value is -4.53. The highest BCUT2D eigenvalue weighted by Crippen LogP contribution is 2.26. The monoisotopic (exact) mass is 585 g/mol. The predicted octanol–water partition coefficient (Wildman–Crippen LogP) is 6.80. The van der Waals surface area contributed by atoms with Crippen LogP contribution in [0.2, 0.25) is 5.02 Å². The summed E-state index contributed by atoms with van der Waals surface area (Å²) < 4.78 is 5.41. The third kappa shape index (κ3) is 8.23. The van der Waals surface area contributed by atoms with Crippen molar-refractivity contribution in [2.45, 2.75) is 11.8 Å². The van der Waals surface area contributed by atoms with Gasteiger partial charge in [0.1, 0.15) is 11.4 Å². The summed E-state index contributed by atoms with van der Waals surface area (Å²) in [6, 6.07) is 28.3. The van der Waals surface area contributed by atoms with Crippen LogP contribution in [0.25, 0.3) is 6.08 Å². The molecule has 4 rings (SSSR count). The van der Waals surface area contributed by atoms with Gasteiger partial charge in [0.25, 0.3) is 11.8 Å². The van der Waals surface area contributed by atoms with Gasteiger partial charge >= 0.3 is 0 Å². The van der Waals surface area contributed by atoms with Crippen LogP contribution in [-0.2, 0) is 9.59 Å². The summed E-state index contributed by atoms with van der Waals surface area (Å²) in [4.78, 5) is 39.7. The zero-order valence-corrected chi connectivity index (χ0v) is 24.0. The number of anilines is 2. The van der Waals surface area contributed by atoms with Crippen molar-refractivity contribution in [3.8, 4) is 5.75 Å². The molecule has 0 aliphatic carbocycles. The fourth-order valence-corrected chi connectivity index (χ4v) is 4.75. The zero-order chi connectivity index (χ0) is 29.2.